The molecule has 0 saturated heterocycles. The van der Waals surface area contributed by atoms with Gasteiger partial charge in [-0.25, -0.2) is 0 Å². The third kappa shape index (κ3) is 3.61. The van der Waals surface area contributed by atoms with Gasteiger partial charge in [-0.2, -0.15) is 4.98 Å². The molecule has 0 atom stereocenters. The molecule has 0 saturated carbocycles. The van der Waals surface area contributed by atoms with Gasteiger partial charge in [-0.1, -0.05) is 13.8 Å². The summed E-state index contributed by atoms with van der Waals surface area (Å²) in [7, 11) is 0. The molecule has 2 heterocycles. The first-order valence-corrected chi connectivity index (χ1v) is 6.14. The van der Waals surface area contributed by atoms with Crippen molar-refractivity contribution in [2.24, 2.45) is 5.92 Å². The van der Waals surface area contributed by atoms with Gasteiger partial charge in [0, 0.05) is 17.8 Å². The van der Waals surface area contributed by atoms with Crippen molar-refractivity contribution in [3.05, 3.63) is 23.9 Å². The van der Waals surface area contributed by atoms with Gasteiger partial charge in [0.15, 0.2) is 0 Å². The number of nitrogens with two attached hydrogens (primary N) is 1. The van der Waals surface area contributed by atoms with E-state index in [1.54, 1.807) is 18.2 Å². The second kappa shape index (κ2) is 5.60. The maximum atomic E-state index is 5.81. The number of pyridine rings is 1. The van der Waals surface area contributed by atoms with E-state index in [2.05, 4.69) is 29.0 Å². The van der Waals surface area contributed by atoms with E-state index in [1.165, 1.54) is 0 Å². The third-order valence-corrected chi connectivity index (χ3v) is 2.31. The Bertz CT molecular complexity index is 551. The molecule has 2 aromatic rings. The molecule has 6 nitrogen and oxygen atoms in total. The summed E-state index contributed by atoms with van der Waals surface area (Å²) in [4.78, 5) is 4.23. The van der Waals surface area contributed by atoms with Gasteiger partial charge < -0.3 is 15.2 Å². The summed E-state index contributed by atoms with van der Waals surface area (Å²) in [6.45, 7) is 6.57. The first-order valence-electron chi connectivity index (χ1n) is 6.14. The van der Waals surface area contributed by atoms with Crippen molar-refractivity contribution in [3.63, 3.8) is 0 Å². The van der Waals surface area contributed by atoms with Crippen LogP contribution in [-0.2, 0) is 0 Å². The van der Waals surface area contributed by atoms with E-state index in [0.717, 1.165) is 5.69 Å². The minimum Gasteiger partial charge on any atom is -0.476 e. The van der Waals surface area contributed by atoms with Crippen molar-refractivity contribution in [1.29, 1.82) is 0 Å². The monoisotopic (exact) mass is 262 g/mol. The number of H-pyrrole nitrogens is 1. The average Bonchev–Trinajstić information content (AvgIpc) is 2.75. The number of nitrogen functional groups attached to an aromatic ring is 1. The number of hydrogen-bond acceptors (Lipinski definition) is 5. The first kappa shape index (κ1) is 13.2. The fraction of sp³-hybridized carbons (Fsp3) is 0.385. The van der Waals surface area contributed by atoms with Crippen molar-refractivity contribution in [3.8, 4) is 17.6 Å². The van der Waals surface area contributed by atoms with Gasteiger partial charge in [0.05, 0.1) is 12.3 Å². The number of aromatic amines is 1. The SMILES string of the molecule is Cc1cc(Oc2ccc(N)c(OCC(C)C)n2)n[nH]1. The molecule has 0 spiro atoms. The molecule has 19 heavy (non-hydrogen) atoms. The van der Waals surface area contributed by atoms with E-state index in [9.17, 15) is 0 Å². The van der Waals surface area contributed by atoms with Crippen molar-refractivity contribution in [2.75, 3.05) is 12.3 Å². The molecule has 2 rings (SSSR count). The molecule has 0 aliphatic rings. The molecule has 6 heteroatoms. The Kier molecular flexibility index (Phi) is 3.89. The van der Waals surface area contributed by atoms with Crippen LogP contribution in [-0.4, -0.2) is 21.8 Å². The minimum absolute atomic E-state index is 0.387. The number of rotatable bonds is 5. The minimum atomic E-state index is 0.387. The summed E-state index contributed by atoms with van der Waals surface area (Å²) < 4.78 is 11.1. The number of aromatic nitrogens is 3. The third-order valence-electron chi connectivity index (χ3n) is 2.31. The zero-order valence-electron chi connectivity index (χ0n) is 11.3. The predicted molar refractivity (Wildman–Crippen MR) is 72.4 cm³/mol. The molecule has 0 aliphatic carbocycles. The Hall–Kier alpha value is -2.24. The summed E-state index contributed by atoms with van der Waals surface area (Å²) in [6, 6.07) is 5.17. The highest BCUT2D eigenvalue weighted by molar-refractivity contribution is 5.49. The average molecular weight is 262 g/mol. The van der Waals surface area contributed by atoms with Crippen molar-refractivity contribution < 1.29 is 9.47 Å². The Balaban J connectivity index is 2.11. The Morgan fingerprint density at radius 3 is 2.74 bits per heavy atom. The number of nitrogens with zero attached hydrogens (tertiary/aromatic N) is 2. The van der Waals surface area contributed by atoms with Crippen molar-refractivity contribution in [1.82, 2.24) is 15.2 Å². The van der Waals surface area contributed by atoms with E-state index in [1.807, 2.05) is 6.92 Å². The smallest absolute Gasteiger partial charge is 0.240 e. The quantitative estimate of drug-likeness (QED) is 0.864. The standard InChI is InChI=1S/C13H18N4O2/c1-8(2)7-18-13-10(14)4-5-11(15-13)19-12-6-9(3)16-17-12/h4-6,8H,7,14H2,1-3H3,(H,16,17). The maximum Gasteiger partial charge on any atom is 0.240 e. The number of aryl methyl sites for hydroxylation is 1. The Morgan fingerprint density at radius 2 is 2.11 bits per heavy atom. The van der Waals surface area contributed by atoms with Crippen LogP contribution in [0.1, 0.15) is 19.5 Å². The lowest BCUT2D eigenvalue weighted by atomic mass is 10.2. The molecule has 0 bridgehead atoms. The van der Waals surface area contributed by atoms with E-state index < -0.39 is 0 Å². The Morgan fingerprint density at radius 1 is 1.32 bits per heavy atom. The molecule has 0 fully saturated rings. The van der Waals surface area contributed by atoms with E-state index in [0.29, 0.717) is 35.9 Å². The number of nitrogens with one attached hydrogen (secondary N) is 1. The van der Waals surface area contributed by atoms with Crippen LogP contribution >= 0.6 is 0 Å². The van der Waals surface area contributed by atoms with Gasteiger partial charge in [0.2, 0.25) is 17.6 Å². The summed E-state index contributed by atoms with van der Waals surface area (Å²) in [5, 5.41) is 6.77. The van der Waals surface area contributed by atoms with Crippen LogP contribution in [0.4, 0.5) is 5.69 Å². The van der Waals surface area contributed by atoms with Crippen molar-refractivity contribution >= 4 is 5.69 Å². The lowest BCUT2D eigenvalue weighted by Crippen LogP contribution is -2.07. The van der Waals surface area contributed by atoms with Crippen LogP contribution in [0, 0.1) is 12.8 Å². The molecule has 0 radical (unpaired) electrons. The predicted octanol–water partition coefficient (Wildman–Crippen LogP) is 2.52. The second-order valence-electron chi connectivity index (χ2n) is 4.74. The molecular formula is C13H18N4O2. The fourth-order valence-corrected chi connectivity index (χ4v) is 1.40. The highest BCUT2D eigenvalue weighted by Gasteiger charge is 2.08. The molecule has 102 valence electrons. The van der Waals surface area contributed by atoms with Crippen LogP contribution in [0.3, 0.4) is 0 Å². The summed E-state index contributed by atoms with van der Waals surface area (Å²) in [5.41, 5.74) is 7.22. The van der Waals surface area contributed by atoms with Gasteiger partial charge in [0.25, 0.3) is 0 Å². The molecular weight excluding hydrogens is 244 g/mol. The van der Waals surface area contributed by atoms with Crippen molar-refractivity contribution in [2.45, 2.75) is 20.8 Å². The summed E-state index contributed by atoms with van der Waals surface area (Å²) in [6.07, 6.45) is 0. The van der Waals surface area contributed by atoms with E-state index in [-0.39, 0.29) is 0 Å². The number of ether oxygens (including phenoxy) is 2. The lowest BCUT2D eigenvalue weighted by Gasteiger charge is -2.10. The van der Waals surface area contributed by atoms with Gasteiger partial charge in [-0.05, 0) is 18.9 Å². The fourth-order valence-electron chi connectivity index (χ4n) is 1.40. The number of anilines is 1. The molecule has 3 N–H and O–H groups in total. The van der Waals surface area contributed by atoms with Gasteiger partial charge >= 0.3 is 0 Å². The van der Waals surface area contributed by atoms with Crippen LogP contribution < -0.4 is 15.2 Å². The normalized spacial score (nSPS) is 10.7. The summed E-state index contributed by atoms with van der Waals surface area (Å²) in [5.74, 6) is 1.65. The first-order chi connectivity index (χ1) is 9.04. The maximum absolute atomic E-state index is 5.81. The lowest BCUT2D eigenvalue weighted by molar-refractivity contribution is 0.260. The molecule has 0 aliphatic heterocycles. The topological polar surface area (TPSA) is 86.1 Å². The highest BCUT2D eigenvalue weighted by atomic mass is 16.5. The van der Waals surface area contributed by atoms with Crippen LogP contribution in [0.2, 0.25) is 0 Å². The zero-order valence-corrected chi connectivity index (χ0v) is 11.3. The highest BCUT2D eigenvalue weighted by Crippen LogP contribution is 2.25. The van der Waals surface area contributed by atoms with Gasteiger partial charge in [-0.15, -0.1) is 5.10 Å². The number of hydrogen-bond donors (Lipinski definition) is 2. The molecule has 0 unspecified atom stereocenters. The van der Waals surface area contributed by atoms with Gasteiger partial charge in [0.1, 0.15) is 0 Å². The van der Waals surface area contributed by atoms with Crippen LogP contribution in [0.15, 0.2) is 18.2 Å². The Labute approximate surface area is 111 Å². The van der Waals surface area contributed by atoms with E-state index in [4.69, 9.17) is 15.2 Å². The molecule has 2 aromatic heterocycles. The van der Waals surface area contributed by atoms with Crippen LogP contribution in [0.5, 0.6) is 17.6 Å². The zero-order chi connectivity index (χ0) is 13.8. The second-order valence-corrected chi connectivity index (χ2v) is 4.74. The summed E-state index contributed by atoms with van der Waals surface area (Å²) >= 11 is 0. The molecule has 0 amide bonds. The largest absolute Gasteiger partial charge is 0.476 e. The van der Waals surface area contributed by atoms with E-state index >= 15 is 0 Å². The van der Waals surface area contributed by atoms with Crippen LogP contribution in [0.25, 0.3) is 0 Å². The van der Waals surface area contributed by atoms with Gasteiger partial charge in [-0.3, -0.25) is 5.10 Å². The molecule has 0 aromatic carbocycles.